The van der Waals surface area contributed by atoms with Crippen molar-refractivity contribution in [1.82, 2.24) is 10.2 Å². The van der Waals surface area contributed by atoms with Crippen LogP contribution in [0.2, 0.25) is 0 Å². The molecule has 0 aromatic carbocycles. The Morgan fingerprint density at radius 2 is 1.78 bits per heavy atom. The monoisotopic (exact) mass is 270 g/mol. The first-order valence-corrected chi connectivity index (χ1v) is 9.00. The number of likely N-dealkylation sites (tertiary alicyclic amines) is 1. The first-order chi connectivity index (χ1) is 8.61. The van der Waals surface area contributed by atoms with Crippen molar-refractivity contribution in [2.24, 2.45) is 11.8 Å². The minimum absolute atomic E-state index is 0.665. The number of nitrogens with zero attached hydrogens (tertiary/aromatic N) is 1. The first kappa shape index (κ1) is 14.7. The van der Waals surface area contributed by atoms with Crippen molar-refractivity contribution in [3.63, 3.8) is 0 Å². The Labute approximate surface area is 117 Å². The van der Waals surface area contributed by atoms with Crippen LogP contribution in [0.4, 0.5) is 0 Å². The van der Waals surface area contributed by atoms with E-state index in [0.717, 1.165) is 23.9 Å². The van der Waals surface area contributed by atoms with E-state index in [9.17, 15) is 0 Å². The van der Waals surface area contributed by atoms with Gasteiger partial charge in [0.25, 0.3) is 0 Å². The summed E-state index contributed by atoms with van der Waals surface area (Å²) in [7, 11) is 0. The van der Waals surface area contributed by atoms with Crippen molar-refractivity contribution >= 4 is 11.8 Å². The summed E-state index contributed by atoms with van der Waals surface area (Å²) in [6.45, 7) is 9.68. The molecule has 2 bridgehead atoms. The molecule has 18 heavy (non-hydrogen) atoms. The van der Waals surface area contributed by atoms with E-state index in [2.05, 4.69) is 37.2 Å². The Morgan fingerprint density at radius 1 is 1.17 bits per heavy atom. The van der Waals surface area contributed by atoms with Crippen molar-refractivity contribution in [2.75, 3.05) is 25.1 Å². The molecule has 3 heteroatoms. The van der Waals surface area contributed by atoms with E-state index in [-0.39, 0.29) is 0 Å². The molecule has 0 radical (unpaired) electrons. The molecule has 2 nitrogen and oxygen atoms in total. The fourth-order valence-corrected chi connectivity index (χ4v) is 4.39. The second-order valence-corrected chi connectivity index (χ2v) is 7.46. The van der Waals surface area contributed by atoms with Gasteiger partial charge in [-0.05, 0) is 51.7 Å². The third-order valence-corrected chi connectivity index (χ3v) is 5.56. The van der Waals surface area contributed by atoms with Gasteiger partial charge in [-0.25, -0.2) is 0 Å². The lowest BCUT2D eigenvalue weighted by Gasteiger charge is -2.49. The van der Waals surface area contributed by atoms with Crippen LogP contribution in [0.5, 0.6) is 0 Å². The van der Waals surface area contributed by atoms with Gasteiger partial charge in [0.1, 0.15) is 0 Å². The van der Waals surface area contributed by atoms with Crippen LogP contribution in [-0.4, -0.2) is 48.1 Å². The summed E-state index contributed by atoms with van der Waals surface area (Å²) >= 11 is 1.96. The number of thioether (sulfide) groups is 1. The normalized spacial score (nSPS) is 34.8. The van der Waals surface area contributed by atoms with Crippen LogP contribution in [-0.2, 0) is 0 Å². The molecular formula is C15H30N2S. The molecule has 1 heterocycles. The molecule has 2 rings (SSSR count). The lowest BCUT2D eigenvalue weighted by Crippen LogP contribution is -2.59. The topological polar surface area (TPSA) is 15.3 Å². The molecule has 1 aliphatic heterocycles. The standard InChI is InChI=1S/C15H30N2S/c1-11(2)17-8-13-6-5-7-14(9-17)15(13)16-12(3)10-18-4/h11-16H,5-10H2,1-4H3. The summed E-state index contributed by atoms with van der Waals surface area (Å²) in [5.74, 6) is 3.03. The van der Waals surface area contributed by atoms with Crippen LogP contribution in [0.25, 0.3) is 0 Å². The van der Waals surface area contributed by atoms with Gasteiger partial charge in [-0.3, -0.25) is 0 Å². The van der Waals surface area contributed by atoms with Gasteiger partial charge < -0.3 is 10.2 Å². The maximum atomic E-state index is 3.93. The SMILES string of the molecule is CSCC(C)NC1C2CCCC1CN(C(C)C)C2. The number of piperidine rings is 1. The maximum absolute atomic E-state index is 3.93. The molecule has 0 aromatic heterocycles. The number of hydrogen-bond acceptors (Lipinski definition) is 3. The highest BCUT2D eigenvalue weighted by atomic mass is 32.2. The van der Waals surface area contributed by atoms with Crippen molar-refractivity contribution in [3.05, 3.63) is 0 Å². The molecular weight excluding hydrogens is 240 g/mol. The summed E-state index contributed by atoms with van der Waals surface area (Å²) in [6.07, 6.45) is 6.53. The molecule has 1 N–H and O–H groups in total. The first-order valence-electron chi connectivity index (χ1n) is 7.60. The van der Waals surface area contributed by atoms with Crippen molar-refractivity contribution in [3.8, 4) is 0 Å². The predicted molar refractivity (Wildman–Crippen MR) is 82.3 cm³/mol. The molecule has 3 atom stereocenters. The van der Waals surface area contributed by atoms with E-state index >= 15 is 0 Å². The zero-order chi connectivity index (χ0) is 13.1. The van der Waals surface area contributed by atoms with Crippen LogP contribution in [0, 0.1) is 11.8 Å². The Morgan fingerprint density at radius 3 is 2.28 bits per heavy atom. The summed E-state index contributed by atoms with van der Waals surface area (Å²) in [6, 6.07) is 2.17. The zero-order valence-electron chi connectivity index (χ0n) is 12.5. The molecule has 0 aromatic rings. The van der Waals surface area contributed by atoms with E-state index in [0.29, 0.717) is 6.04 Å². The van der Waals surface area contributed by atoms with Crippen molar-refractivity contribution < 1.29 is 0 Å². The predicted octanol–water partition coefficient (Wildman–Crippen LogP) is 2.84. The molecule has 0 amide bonds. The fraction of sp³-hybridized carbons (Fsp3) is 1.00. The van der Waals surface area contributed by atoms with Gasteiger partial charge in [-0.1, -0.05) is 6.42 Å². The third-order valence-electron chi connectivity index (χ3n) is 4.73. The average Bonchev–Trinajstić information content (AvgIpc) is 2.28. The Bertz CT molecular complexity index is 243. The van der Waals surface area contributed by atoms with Crippen LogP contribution < -0.4 is 5.32 Å². The van der Waals surface area contributed by atoms with E-state index in [1.54, 1.807) is 0 Å². The van der Waals surface area contributed by atoms with Gasteiger partial charge in [0.15, 0.2) is 0 Å². The molecule has 3 unspecified atom stereocenters. The van der Waals surface area contributed by atoms with Gasteiger partial charge >= 0.3 is 0 Å². The van der Waals surface area contributed by atoms with Gasteiger partial charge in [0, 0.05) is 37.0 Å². The van der Waals surface area contributed by atoms with E-state index in [1.165, 1.54) is 38.1 Å². The molecule has 2 aliphatic rings. The molecule has 106 valence electrons. The highest BCUT2D eigenvalue weighted by Crippen LogP contribution is 2.35. The molecule has 1 saturated heterocycles. The summed E-state index contributed by atoms with van der Waals surface area (Å²) in [5.41, 5.74) is 0. The van der Waals surface area contributed by atoms with E-state index in [4.69, 9.17) is 0 Å². The van der Waals surface area contributed by atoms with Crippen molar-refractivity contribution in [1.29, 1.82) is 0 Å². The number of hydrogen-bond donors (Lipinski definition) is 1. The summed E-state index contributed by atoms with van der Waals surface area (Å²) in [4.78, 5) is 2.70. The molecule has 1 saturated carbocycles. The van der Waals surface area contributed by atoms with Crippen LogP contribution >= 0.6 is 11.8 Å². The van der Waals surface area contributed by atoms with Gasteiger partial charge in [0.2, 0.25) is 0 Å². The lowest BCUT2D eigenvalue weighted by atomic mass is 9.73. The average molecular weight is 270 g/mol. The Kier molecular flexibility index (Phi) is 5.40. The number of rotatable bonds is 5. The smallest absolute Gasteiger partial charge is 0.0151 e. The third kappa shape index (κ3) is 3.43. The minimum atomic E-state index is 0.665. The van der Waals surface area contributed by atoms with Gasteiger partial charge in [0.05, 0.1) is 0 Å². The van der Waals surface area contributed by atoms with Crippen molar-refractivity contribution in [2.45, 2.75) is 58.2 Å². The van der Waals surface area contributed by atoms with Crippen LogP contribution in [0.3, 0.4) is 0 Å². The van der Waals surface area contributed by atoms with Crippen LogP contribution in [0.1, 0.15) is 40.0 Å². The molecule has 1 aliphatic carbocycles. The zero-order valence-corrected chi connectivity index (χ0v) is 13.3. The van der Waals surface area contributed by atoms with E-state index in [1.807, 2.05) is 11.8 Å². The summed E-state index contributed by atoms with van der Waals surface area (Å²) in [5, 5.41) is 3.93. The maximum Gasteiger partial charge on any atom is 0.0151 e. The highest BCUT2D eigenvalue weighted by Gasteiger charge is 2.40. The summed E-state index contributed by atoms with van der Waals surface area (Å²) < 4.78 is 0. The number of nitrogens with one attached hydrogen (secondary N) is 1. The van der Waals surface area contributed by atoms with Gasteiger partial charge in [-0.2, -0.15) is 11.8 Å². The quantitative estimate of drug-likeness (QED) is 0.827. The largest absolute Gasteiger partial charge is 0.310 e. The number of fused-ring (bicyclic) bond motifs is 2. The second-order valence-electron chi connectivity index (χ2n) is 6.55. The lowest BCUT2D eigenvalue weighted by molar-refractivity contribution is 0.0268. The highest BCUT2D eigenvalue weighted by molar-refractivity contribution is 7.98. The van der Waals surface area contributed by atoms with E-state index < -0.39 is 0 Å². The Hall–Kier alpha value is 0.270. The minimum Gasteiger partial charge on any atom is -0.310 e. The van der Waals surface area contributed by atoms with Gasteiger partial charge in [-0.15, -0.1) is 0 Å². The fourth-order valence-electron chi connectivity index (χ4n) is 3.79. The molecule has 0 spiro atoms. The second kappa shape index (κ2) is 6.62. The van der Waals surface area contributed by atoms with Crippen LogP contribution in [0.15, 0.2) is 0 Å². The Balaban J connectivity index is 1.95. The molecule has 2 fully saturated rings.